The summed E-state index contributed by atoms with van der Waals surface area (Å²) >= 11 is 1.68. The Hall–Kier alpha value is -3.39. The summed E-state index contributed by atoms with van der Waals surface area (Å²) < 4.78 is 12.0. The third kappa shape index (κ3) is 4.77. The van der Waals surface area contributed by atoms with E-state index in [2.05, 4.69) is 16.7 Å². The van der Waals surface area contributed by atoms with Crippen LogP contribution in [0.3, 0.4) is 0 Å². The number of aryl methyl sites for hydroxylation is 1. The van der Waals surface area contributed by atoms with Crippen LogP contribution in [-0.4, -0.2) is 35.2 Å². The van der Waals surface area contributed by atoms with Crippen molar-refractivity contribution < 1.29 is 9.47 Å². The molecule has 4 aromatic rings. The number of hydrogen-bond acceptors (Lipinski definition) is 8. The quantitative estimate of drug-likeness (QED) is 0.321. The minimum absolute atomic E-state index is 0.429. The van der Waals surface area contributed by atoms with Crippen molar-refractivity contribution in [3.8, 4) is 22.1 Å². The van der Waals surface area contributed by atoms with E-state index in [1.54, 1.807) is 25.6 Å². The normalized spacial score (nSPS) is 13.9. The molecule has 1 aliphatic carbocycles. The summed E-state index contributed by atoms with van der Waals surface area (Å²) in [4.78, 5) is 14.6. The second-order valence-corrected chi connectivity index (χ2v) is 9.57. The summed E-state index contributed by atoms with van der Waals surface area (Å²) in [6.45, 7) is 2.58. The molecule has 176 valence electrons. The SMILES string of the molecule is COc1cc(CNc2nc(C)c(-c3nc4ccccc4s3)c(NC3CCCC3)n2)cc(OC)c1. The van der Waals surface area contributed by atoms with Crippen molar-refractivity contribution in [2.45, 2.75) is 45.2 Å². The number of nitrogens with zero attached hydrogens (tertiary/aromatic N) is 3. The van der Waals surface area contributed by atoms with Gasteiger partial charge in [0.1, 0.15) is 22.3 Å². The highest BCUT2D eigenvalue weighted by atomic mass is 32.1. The van der Waals surface area contributed by atoms with Crippen molar-refractivity contribution in [3.05, 3.63) is 53.7 Å². The lowest BCUT2D eigenvalue weighted by Gasteiger charge is -2.18. The monoisotopic (exact) mass is 475 g/mol. The molecule has 1 saturated carbocycles. The predicted molar refractivity (Wildman–Crippen MR) is 138 cm³/mol. The number of aromatic nitrogens is 3. The van der Waals surface area contributed by atoms with Crippen molar-refractivity contribution in [2.75, 3.05) is 24.9 Å². The number of nitrogens with one attached hydrogen (secondary N) is 2. The molecule has 0 bridgehead atoms. The van der Waals surface area contributed by atoms with E-state index in [0.717, 1.165) is 62.2 Å². The van der Waals surface area contributed by atoms with E-state index in [-0.39, 0.29) is 0 Å². The molecule has 0 aliphatic heterocycles. The van der Waals surface area contributed by atoms with E-state index in [4.69, 9.17) is 24.4 Å². The first-order chi connectivity index (χ1) is 16.6. The maximum atomic E-state index is 5.40. The van der Waals surface area contributed by atoms with Gasteiger partial charge in [-0.2, -0.15) is 4.98 Å². The van der Waals surface area contributed by atoms with Gasteiger partial charge in [0.2, 0.25) is 5.95 Å². The van der Waals surface area contributed by atoms with Crippen LogP contribution in [0.25, 0.3) is 20.8 Å². The molecule has 0 saturated heterocycles. The summed E-state index contributed by atoms with van der Waals surface area (Å²) in [7, 11) is 3.31. The average Bonchev–Trinajstić information content (AvgIpc) is 3.52. The molecule has 0 unspecified atom stereocenters. The molecular formula is C26H29N5O2S. The van der Waals surface area contributed by atoms with Gasteiger partial charge in [0.05, 0.1) is 35.7 Å². The lowest BCUT2D eigenvalue weighted by atomic mass is 10.2. The zero-order valence-corrected chi connectivity index (χ0v) is 20.5. The number of fused-ring (bicyclic) bond motifs is 1. The number of rotatable bonds is 8. The fourth-order valence-corrected chi connectivity index (χ4v) is 5.47. The fraction of sp³-hybridized carbons (Fsp3) is 0.346. The average molecular weight is 476 g/mol. The second-order valence-electron chi connectivity index (χ2n) is 8.54. The van der Waals surface area contributed by atoms with E-state index in [9.17, 15) is 0 Å². The topological polar surface area (TPSA) is 81.2 Å². The summed E-state index contributed by atoms with van der Waals surface area (Å²) in [6.07, 6.45) is 4.82. The van der Waals surface area contributed by atoms with Crippen molar-refractivity contribution >= 4 is 33.3 Å². The lowest BCUT2D eigenvalue weighted by Crippen LogP contribution is -2.18. The number of para-hydroxylation sites is 1. The highest BCUT2D eigenvalue weighted by Gasteiger charge is 2.22. The lowest BCUT2D eigenvalue weighted by molar-refractivity contribution is 0.393. The van der Waals surface area contributed by atoms with Gasteiger partial charge in [0.25, 0.3) is 0 Å². The Kier molecular flexibility index (Phi) is 6.49. The van der Waals surface area contributed by atoms with Crippen LogP contribution >= 0.6 is 11.3 Å². The van der Waals surface area contributed by atoms with Crippen LogP contribution in [0.5, 0.6) is 11.5 Å². The van der Waals surface area contributed by atoms with E-state index >= 15 is 0 Å². The molecule has 8 heteroatoms. The van der Waals surface area contributed by atoms with Crippen LogP contribution < -0.4 is 20.1 Å². The van der Waals surface area contributed by atoms with Crippen molar-refractivity contribution in [3.63, 3.8) is 0 Å². The van der Waals surface area contributed by atoms with Crippen LogP contribution in [0.15, 0.2) is 42.5 Å². The molecule has 5 rings (SSSR count). The van der Waals surface area contributed by atoms with Gasteiger partial charge in [-0.25, -0.2) is 9.97 Å². The zero-order chi connectivity index (χ0) is 23.5. The third-order valence-corrected chi connectivity index (χ3v) is 7.21. The van der Waals surface area contributed by atoms with Gasteiger partial charge in [0.15, 0.2) is 0 Å². The van der Waals surface area contributed by atoms with E-state index in [1.807, 2.05) is 43.3 Å². The molecule has 2 aromatic heterocycles. The van der Waals surface area contributed by atoms with Crippen LogP contribution in [0.4, 0.5) is 11.8 Å². The number of anilines is 2. The first-order valence-electron chi connectivity index (χ1n) is 11.6. The number of benzene rings is 2. The molecule has 2 aromatic carbocycles. The third-order valence-electron chi connectivity index (χ3n) is 6.16. The van der Waals surface area contributed by atoms with Crippen LogP contribution in [0.2, 0.25) is 0 Å². The van der Waals surface area contributed by atoms with Crippen molar-refractivity contribution in [2.24, 2.45) is 0 Å². The van der Waals surface area contributed by atoms with Gasteiger partial charge in [-0.05, 0) is 49.6 Å². The molecule has 0 spiro atoms. The first kappa shape index (κ1) is 22.4. The maximum Gasteiger partial charge on any atom is 0.225 e. The summed E-state index contributed by atoms with van der Waals surface area (Å²) in [5.74, 6) is 2.94. The smallest absolute Gasteiger partial charge is 0.225 e. The van der Waals surface area contributed by atoms with Crippen LogP contribution in [0.1, 0.15) is 36.9 Å². The molecular weight excluding hydrogens is 446 g/mol. The van der Waals surface area contributed by atoms with Gasteiger partial charge in [-0.1, -0.05) is 25.0 Å². The molecule has 1 fully saturated rings. The number of ether oxygens (including phenoxy) is 2. The van der Waals surface area contributed by atoms with Gasteiger partial charge in [-0.15, -0.1) is 11.3 Å². The molecule has 2 heterocycles. The molecule has 34 heavy (non-hydrogen) atoms. The Morgan fingerprint density at radius 1 is 0.971 bits per heavy atom. The molecule has 2 N–H and O–H groups in total. The van der Waals surface area contributed by atoms with Crippen molar-refractivity contribution in [1.29, 1.82) is 0 Å². The Labute approximate surface area is 203 Å². The van der Waals surface area contributed by atoms with Crippen LogP contribution in [0, 0.1) is 6.92 Å². The van der Waals surface area contributed by atoms with Crippen molar-refractivity contribution in [1.82, 2.24) is 15.0 Å². The second kappa shape index (κ2) is 9.85. The summed E-state index contributed by atoms with van der Waals surface area (Å²) in [6, 6.07) is 14.5. The Morgan fingerprint density at radius 2 is 1.71 bits per heavy atom. The fourth-order valence-electron chi connectivity index (χ4n) is 4.40. The summed E-state index contributed by atoms with van der Waals surface area (Å²) in [5.41, 5.74) is 3.92. The Balaban J connectivity index is 1.47. The summed E-state index contributed by atoms with van der Waals surface area (Å²) in [5, 5.41) is 8.04. The molecule has 0 radical (unpaired) electrons. The zero-order valence-electron chi connectivity index (χ0n) is 19.7. The highest BCUT2D eigenvalue weighted by molar-refractivity contribution is 7.21. The van der Waals surface area contributed by atoms with E-state index in [1.165, 1.54) is 12.8 Å². The maximum absolute atomic E-state index is 5.40. The van der Waals surface area contributed by atoms with Gasteiger partial charge < -0.3 is 20.1 Å². The minimum atomic E-state index is 0.429. The van der Waals surface area contributed by atoms with Gasteiger partial charge >= 0.3 is 0 Å². The molecule has 0 atom stereocenters. The minimum Gasteiger partial charge on any atom is -0.497 e. The standard InChI is InChI=1S/C26H29N5O2S/c1-16-23(25-30-21-10-6-7-11-22(21)34-25)24(29-18-8-4-5-9-18)31-26(28-16)27-15-17-12-19(32-2)14-20(13-17)33-3/h6-7,10-14,18H,4-5,8-9,15H2,1-3H3,(H2,27,28,29,31). The van der Waals surface area contributed by atoms with Crippen LogP contribution in [-0.2, 0) is 6.54 Å². The largest absolute Gasteiger partial charge is 0.497 e. The van der Waals surface area contributed by atoms with Gasteiger partial charge in [-0.3, -0.25) is 0 Å². The van der Waals surface area contributed by atoms with E-state index in [0.29, 0.717) is 18.5 Å². The number of methoxy groups -OCH3 is 2. The molecule has 0 amide bonds. The van der Waals surface area contributed by atoms with Gasteiger partial charge in [0, 0.05) is 18.7 Å². The number of thiazole rings is 1. The molecule has 7 nitrogen and oxygen atoms in total. The first-order valence-corrected chi connectivity index (χ1v) is 12.4. The Morgan fingerprint density at radius 3 is 2.41 bits per heavy atom. The Bertz CT molecular complexity index is 1240. The predicted octanol–water partition coefficient (Wildman–Crippen LogP) is 6.05. The van der Waals surface area contributed by atoms with E-state index < -0.39 is 0 Å². The molecule has 1 aliphatic rings. The number of hydrogen-bond donors (Lipinski definition) is 2. The highest BCUT2D eigenvalue weighted by Crippen LogP contribution is 2.37.